The second-order valence-electron chi connectivity index (χ2n) is 6.18. The van der Waals surface area contributed by atoms with Crippen molar-refractivity contribution in [1.82, 2.24) is 14.5 Å². The molecule has 2 aromatic heterocycles. The quantitative estimate of drug-likeness (QED) is 0.378. The van der Waals surface area contributed by atoms with E-state index in [4.69, 9.17) is 16.2 Å². The third kappa shape index (κ3) is 2.77. The Morgan fingerprint density at radius 3 is 2.70 bits per heavy atom. The zero-order chi connectivity index (χ0) is 19.1. The van der Waals surface area contributed by atoms with Gasteiger partial charge in [0.05, 0.1) is 29.9 Å². The number of nitrogens with two attached hydrogens (primary N) is 2. The Morgan fingerprint density at radius 1 is 1.15 bits per heavy atom. The number of rotatable bonds is 3. The van der Waals surface area contributed by atoms with E-state index in [1.54, 1.807) is 37.5 Å². The summed E-state index contributed by atoms with van der Waals surface area (Å²) in [5, 5.41) is 4.25. The van der Waals surface area contributed by atoms with Crippen LogP contribution in [-0.4, -0.2) is 21.6 Å². The van der Waals surface area contributed by atoms with Gasteiger partial charge in [-0.3, -0.25) is 4.79 Å². The SMILES string of the molecule is COc1cc2c(cc1N)c(=O)n(C)c1cnc(Nc3cccc(N)c3)nc21. The van der Waals surface area contributed by atoms with Gasteiger partial charge in [0.25, 0.3) is 5.56 Å². The Hall–Kier alpha value is -3.81. The standard InChI is InChI=1S/C19H18N6O2/c1-25-15-9-22-19(23-11-5-3-4-10(20)6-11)24-17(15)12-8-16(27-2)14(21)7-13(12)18(25)26/h3-9H,20-21H2,1-2H3,(H,22,23,24). The van der Waals surface area contributed by atoms with Crippen LogP contribution in [-0.2, 0) is 7.05 Å². The maximum atomic E-state index is 12.7. The highest BCUT2D eigenvalue weighted by Gasteiger charge is 2.14. The minimum absolute atomic E-state index is 0.174. The molecular weight excluding hydrogens is 344 g/mol. The van der Waals surface area contributed by atoms with Gasteiger partial charge in [-0.15, -0.1) is 0 Å². The number of methoxy groups -OCH3 is 1. The first kappa shape index (κ1) is 16.6. The second-order valence-corrected chi connectivity index (χ2v) is 6.18. The van der Waals surface area contributed by atoms with Crippen molar-refractivity contribution >= 4 is 44.8 Å². The van der Waals surface area contributed by atoms with Crippen molar-refractivity contribution in [3.05, 3.63) is 52.9 Å². The van der Waals surface area contributed by atoms with Crippen LogP contribution in [0.5, 0.6) is 5.75 Å². The molecule has 2 heterocycles. The van der Waals surface area contributed by atoms with E-state index >= 15 is 0 Å². The predicted molar refractivity (Wildman–Crippen MR) is 107 cm³/mol. The normalized spacial score (nSPS) is 11.0. The fraction of sp³-hybridized carbons (Fsp3) is 0.105. The molecule has 0 amide bonds. The lowest BCUT2D eigenvalue weighted by atomic mass is 10.1. The highest BCUT2D eigenvalue weighted by atomic mass is 16.5. The van der Waals surface area contributed by atoms with E-state index in [-0.39, 0.29) is 5.56 Å². The number of ether oxygens (including phenoxy) is 1. The van der Waals surface area contributed by atoms with Crippen molar-refractivity contribution in [1.29, 1.82) is 0 Å². The summed E-state index contributed by atoms with van der Waals surface area (Å²) in [6, 6.07) is 10.6. The van der Waals surface area contributed by atoms with Crippen LogP contribution in [0.2, 0.25) is 0 Å². The van der Waals surface area contributed by atoms with Gasteiger partial charge >= 0.3 is 0 Å². The predicted octanol–water partition coefficient (Wildman–Crippen LogP) is 2.40. The van der Waals surface area contributed by atoms with E-state index in [9.17, 15) is 4.79 Å². The Kier molecular flexibility index (Phi) is 3.80. The number of hydrogen-bond donors (Lipinski definition) is 3. The lowest BCUT2D eigenvalue weighted by Crippen LogP contribution is -2.18. The molecule has 0 bridgehead atoms. The molecule has 0 fully saturated rings. The summed E-state index contributed by atoms with van der Waals surface area (Å²) in [7, 11) is 3.21. The van der Waals surface area contributed by atoms with Crippen LogP contribution in [0, 0.1) is 0 Å². The van der Waals surface area contributed by atoms with Crippen molar-refractivity contribution in [3.63, 3.8) is 0 Å². The number of benzene rings is 2. The maximum Gasteiger partial charge on any atom is 0.258 e. The second kappa shape index (κ2) is 6.17. The fourth-order valence-corrected chi connectivity index (χ4v) is 3.06. The molecule has 4 rings (SSSR count). The summed E-state index contributed by atoms with van der Waals surface area (Å²) < 4.78 is 6.81. The van der Waals surface area contributed by atoms with Crippen LogP contribution in [0.1, 0.15) is 0 Å². The van der Waals surface area contributed by atoms with E-state index in [0.29, 0.717) is 44.9 Å². The molecule has 0 aliphatic carbocycles. The van der Waals surface area contributed by atoms with Gasteiger partial charge in [-0.2, -0.15) is 0 Å². The van der Waals surface area contributed by atoms with Crippen LogP contribution in [0.4, 0.5) is 23.0 Å². The first-order valence-corrected chi connectivity index (χ1v) is 8.23. The molecule has 0 unspecified atom stereocenters. The molecule has 8 heteroatoms. The van der Waals surface area contributed by atoms with Gasteiger partial charge < -0.3 is 26.1 Å². The van der Waals surface area contributed by atoms with Crippen molar-refractivity contribution < 1.29 is 4.74 Å². The summed E-state index contributed by atoms with van der Waals surface area (Å²) in [6.45, 7) is 0. The molecule has 0 spiro atoms. The molecule has 0 atom stereocenters. The zero-order valence-corrected chi connectivity index (χ0v) is 14.9. The van der Waals surface area contributed by atoms with Crippen molar-refractivity contribution in [2.75, 3.05) is 23.9 Å². The Morgan fingerprint density at radius 2 is 1.96 bits per heavy atom. The van der Waals surface area contributed by atoms with Crippen LogP contribution in [0.25, 0.3) is 21.8 Å². The number of nitrogens with zero attached hydrogens (tertiary/aromatic N) is 3. The molecule has 0 saturated carbocycles. The van der Waals surface area contributed by atoms with Crippen LogP contribution >= 0.6 is 0 Å². The summed E-state index contributed by atoms with van der Waals surface area (Å²) in [4.78, 5) is 21.6. The minimum Gasteiger partial charge on any atom is -0.495 e. The molecule has 0 aliphatic rings. The Bertz CT molecular complexity index is 1250. The van der Waals surface area contributed by atoms with Crippen molar-refractivity contribution in [2.24, 2.45) is 7.05 Å². The average molecular weight is 362 g/mol. The van der Waals surface area contributed by atoms with Crippen LogP contribution in [0.3, 0.4) is 0 Å². The van der Waals surface area contributed by atoms with Gasteiger partial charge in [0, 0.05) is 23.8 Å². The Labute approximate surface area is 154 Å². The molecule has 5 N–H and O–H groups in total. The lowest BCUT2D eigenvalue weighted by Gasteiger charge is -2.12. The van der Waals surface area contributed by atoms with Gasteiger partial charge in [0.2, 0.25) is 5.95 Å². The first-order chi connectivity index (χ1) is 13.0. The Balaban J connectivity index is 1.97. The molecule has 0 aliphatic heterocycles. The first-order valence-electron chi connectivity index (χ1n) is 8.23. The summed E-state index contributed by atoms with van der Waals surface area (Å²) in [6.07, 6.45) is 1.61. The minimum atomic E-state index is -0.174. The van der Waals surface area contributed by atoms with Gasteiger partial charge in [0.1, 0.15) is 11.3 Å². The number of anilines is 4. The summed E-state index contributed by atoms with van der Waals surface area (Å²) in [5.74, 6) is 0.879. The van der Waals surface area contributed by atoms with Crippen LogP contribution < -0.4 is 27.1 Å². The number of pyridine rings is 1. The van der Waals surface area contributed by atoms with Gasteiger partial charge in [-0.25, -0.2) is 9.97 Å². The van der Waals surface area contributed by atoms with Gasteiger partial charge in [-0.05, 0) is 30.3 Å². The largest absolute Gasteiger partial charge is 0.495 e. The van der Waals surface area contributed by atoms with Crippen molar-refractivity contribution in [2.45, 2.75) is 0 Å². The molecule has 0 saturated heterocycles. The van der Waals surface area contributed by atoms with E-state index < -0.39 is 0 Å². The van der Waals surface area contributed by atoms with Crippen molar-refractivity contribution in [3.8, 4) is 5.75 Å². The number of nitrogens with one attached hydrogen (secondary N) is 1. The number of hydrogen-bond acceptors (Lipinski definition) is 7. The third-order valence-electron chi connectivity index (χ3n) is 4.43. The van der Waals surface area contributed by atoms with Gasteiger partial charge in [0.15, 0.2) is 0 Å². The molecule has 27 heavy (non-hydrogen) atoms. The van der Waals surface area contributed by atoms with Crippen LogP contribution in [0.15, 0.2) is 47.4 Å². The molecule has 2 aromatic carbocycles. The van der Waals surface area contributed by atoms with E-state index in [1.807, 2.05) is 12.1 Å². The van der Waals surface area contributed by atoms with E-state index in [0.717, 1.165) is 5.69 Å². The molecule has 136 valence electrons. The maximum absolute atomic E-state index is 12.7. The molecule has 8 nitrogen and oxygen atoms in total. The third-order valence-corrected chi connectivity index (χ3v) is 4.43. The number of aryl methyl sites for hydroxylation is 1. The highest BCUT2D eigenvalue weighted by molar-refractivity contribution is 6.05. The summed E-state index contributed by atoms with van der Waals surface area (Å²) >= 11 is 0. The van der Waals surface area contributed by atoms with E-state index in [1.165, 1.54) is 11.7 Å². The smallest absolute Gasteiger partial charge is 0.258 e. The topological polar surface area (TPSA) is 121 Å². The number of nitrogen functional groups attached to an aromatic ring is 2. The average Bonchev–Trinajstić information content (AvgIpc) is 2.66. The monoisotopic (exact) mass is 362 g/mol. The number of aromatic nitrogens is 3. The lowest BCUT2D eigenvalue weighted by molar-refractivity contribution is 0.417. The number of fused-ring (bicyclic) bond motifs is 3. The summed E-state index contributed by atoms with van der Waals surface area (Å²) in [5.41, 5.74) is 14.6. The zero-order valence-electron chi connectivity index (χ0n) is 14.9. The molecule has 0 radical (unpaired) electrons. The fourth-order valence-electron chi connectivity index (χ4n) is 3.06. The van der Waals surface area contributed by atoms with Gasteiger partial charge in [-0.1, -0.05) is 6.07 Å². The molecule has 4 aromatic rings. The molecular formula is C19H18N6O2. The highest BCUT2D eigenvalue weighted by Crippen LogP contribution is 2.30. The van der Waals surface area contributed by atoms with E-state index in [2.05, 4.69) is 15.3 Å².